The van der Waals surface area contributed by atoms with Crippen molar-refractivity contribution in [3.05, 3.63) is 29.6 Å². The van der Waals surface area contributed by atoms with Crippen LogP contribution >= 0.6 is 11.6 Å². The Kier molecular flexibility index (Phi) is 5.43. The van der Waals surface area contributed by atoms with E-state index >= 15 is 0 Å². The Balaban J connectivity index is 1.87. The van der Waals surface area contributed by atoms with Gasteiger partial charge in [-0.3, -0.25) is 9.80 Å². The molecule has 3 nitrogen and oxygen atoms in total. The molecule has 1 saturated heterocycles. The van der Waals surface area contributed by atoms with Crippen LogP contribution in [-0.2, 0) is 6.54 Å². The molecule has 1 fully saturated rings. The number of piperazine rings is 1. The fourth-order valence-corrected chi connectivity index (χ4v) is 2.60. The summed E-state index contributed by atoms with van der Waals surface area (Å²) in [6.07, 6.45) is 0. The molecule has 0 saturated carbocycles. The van der Waals surface area contributed by atoms with E-state index in [1.165, 1.54) is 7.11 Å². The Morgan fingerprint density at radius 3 is 2.47 bits per heavy atom. The molecule has 0 aliphatic carbocycles. The molecule has 2 rings (SSSR count). The van der Waals surface area contributed by atoms with Crippen LogP contribution in [-0.4, -0.2) is 55.5 Å². The van der Waals surface area contributed by atoms with Crippen molar-refractivity contribution in [2.24, 2.45) is 0 Å². The molecule has 1 aromatic rings. The van der Waals surface area contributed by atoms with Gasteiger partial charge in [-0.2, -0.15) is 0 Å². The third-order valence-electron chi connectivity index (χ3n) is 3.49. The van der Waals surface area contributed by atoms with E-state index in [1.807, 2.05) is 6.07 Å². The van der Waals surface area contributed by atoms with Crippen LogP contribution < -0.4 is 4.74 Å². The summed E-state index contributed by atoms with van der Waals surface area (Å²) in [5.41, 5.74) is 0.990. The summed E-state index contributed by atoms with van der Waals surface area (Å²) in [5, 5.41) is 0. The molecule has 0 atom stereocenters. The van der Waals surface area contributed by atoms with Crippen LogP contribution in [0.3, 0.4) is 0 Å². The lowest BCUT2D eigenvalue weighted by Gasteiger charge is -2.34. The molecule has 1 aliphatic rings. The van der Waals surface area contributed by atoms with E-state index in [9.17, 15) is 4.39 Å². The third-order valence-corrected chi connectivity index (χ3v) is 3.66. The van der Waals surface area contributed by atoms with Gasteiger partial charge >= 0.3 is 0 Å². The summed E-state index contributed by atoms with van der Waals surface area (Å²) in [6, 6.07) is 5.17. The first kappa shape index (κ1) is 14.6. The Labute approximate surface area is 118 Å². The SMILES string of the molecule is COc1ccc(CN2CCN(CCCl)CC2)cc1F. The predicted octanol–water partition coefficient (Wildman–Crippen LogP) is 2.19. The Morgan fingerprint density at radius 1 is 1.21 bits per heavy atom. The molecule has 0 aromatic heterocycles. The minimum atomic E-state index is -0.291. The van der Waals surface area contributed by atoms with Crippen LogP contribution in [0.1, 0.15) is 5.56 Å². The van der Waals surface area contributed by atoms with Crippen LogP contribution in [0.4, 0.5) is 4.39 Å². The molecule has 0 N–H and O–H groups in total. The van der Waals surface area contributed by atoms with Crippen molar-refractivity contribution in [1.29, 1.82) is 0 Å². The lowest BCUT2D eigenvalue weighted by Crippen LogP contribution is -2.46. The standard InChI is InChI=1S/C14H20ClFN2O/c1-19-14-3-2-12(10-13(14)16)11-18-8-6-17(5-4-15)7-9-18/h2-3,10H,4-9,11H2,1H3. The van der Waals surface area contributed by atoms with Crippen molar-refractivity contribution in [3.63, 3.8) is 0 Å². The topological polar surface area (TPSA) is 15.7 Å². The van der Waals surface area contributed by atoms with E-state index in [2.05, 4.69) is 9.80 Å². The van der Waals surface area contributed by atoms with Crippen LogP contribution in [0.2, 0.25) is 0 Å². The van der Waals surface area contributed by atoms with Crippen LogP contribution in [0.25, 0.3) is 0 Å². The lowest BCUT2D eigenvalue weighted by atomic mass is 10.2. The molecule has 1 heterocycles. The van der Waals surface area contributed by atoms with Crippen LogP contribution in [0.15, 0.2) is 18.2 Å². The zero-order chi connectivity index (χ0) is 13.7. The van der Waals surface area contributed by atoms with E-state index in [0.717, 1.165) is 44.8 Å². The van der Waals surface area contributed by atoms with Gasteiger partial charge in [0.05, 0.1) is 7.11 Å². The van der Waals surface area contributed by atoms with Gasteiger partial charge in [-0.1, -0.05) is 6.07 Å². The Hall–Kier alpha value is -0.840. The van der Waals surface area contributed by atoms with E-state index in [-0.39, 0.29) is 5.82 Å². The highest BCUT2D eigenvalue weighted by molar-refractivity contribution is 6.18. The van der Waals surface area contributed by atoms with E-state index in [4.69, 9.17) is 16.3 Å². The molecule has 1 aromatic carbocycles. The second kappa shape index (κ2) is 7.08. The fraction of sp³-hybridized carbons (Fsp3) is 0.571. The summed E-state index contributed by atoms with van der Waals surface area (Å²) in [5.74, 6) is 0.695. The van der Waals surface area contributed by atoms with Crippen LogP contribution in [0.5, 0.6) is 5.75 Å². The molecule has 1 aliphatic heterocycles. The number of nitrogens with zero attached hydrogens (tertiary/aromatic N) is 2. The third kappa shape index (κ3) is 4.06. The Bertz CT molecular complexity index is 408. The fourth-order valence-electron chi connectivity index (χ4n) is 2.36. The average molecular weight is 287 g/mol. The van der Waals surface area contributed by atoms with E-state index in [1.54, 1.807) is 12.1 Å². The summed E-state index contributed by atoms with van der Waals surface area (Å²) in [4.78, 5) is 4.70. The molecule has 19 heavy (non-hydrogen) atoms. The van der Waals surface area contributed by atoms with Crippen molar-refractivity contribution in [2.45, 2.75) is 6.54 Å². The second-order valence-corrected chi connectivity index (χ2v) is 5.15. The molecule has 0 unspecified atom stereocenters. The summed E-state index contributed by atoms with van der Waals surface area (Å²) in [6.45, 7) is 5.81. The van der Waals surface area contributed by atoms with Crippen molar-refractivity contribution in [3.8, 4) is 5.75 Å². The first-order valence-corrected chi connectivity index (χ1v) is 7.09. The minimum Gasteiger partial charge on any atom is -0.494 e. The number of hydrogen-bond acceptors (Lipinski definition) is 3. The molecular formula is C14H20ClFN2O. The number of hydrogen-bond donors (Lipinski definition) is 0. The predicted molar refractivity (Wildman–Crippen MR) is 75.4 cm³/mol. The van der Waals surface area contributed by atoms with Crippen molar-refractivity contribution in [2.75, 3.05) is 45.7 Å². The number of benzene rings is 1. The second-order valence-electron chi connectivity index (χ2n) is 4.78. The van der Waals surface area contributed by atoms with Gasteiger partial charge in [-0.05, 0) is 17.7 Å². The Morgan fingerprint density at radius 2 is 1.89 bits per heavy atom. The van der Waals surface area contributed by atoms with Gasteiger partial charge in [-0.25, -0.2) is 4.39 Å². The van der Waals surface area contributed by atoms with Crippen molar-refractivity contribution < 1.29 is 9.13 Å². The molecule has 0 bridgehead atoms. The normalized spacial score (nSPS) is 17.6. The number of methoxy groups -OCH3 is 1. The number of ether oxygens (including phenoxy) is 1. The smallest absolute Gasteiger partial charge is 0.165 e. The zero-order valence-electron chi connectivity index (χ0n) is 11.2. The maximum atomic E-state index is 13.6. The van der Waals surface area contributed by atoms with Gasteiger partial charge in [0, 0.05) is 45.1 Å². The van der Waals surface area contributed by atoms with E-state index < -0.39 is 0 Å². The number of alkyl halides is 1. The van der Waals surface area contributed by atoms with Gasteiger partial charge in [0.25, 0.3) is 0 Å². The first-order chi connectivity index (χ1) is 9.22. The summed E-state index contributed by atoms with van der Waals surface area (Å²) in [7, 11) is 1.48. The first-order valence-electron chi connectivity index (χ1n) is 6.56. The van der Waals surface area contributed by atoms with Gasteiger partial charge in [0.2, 0.25) is 0 Å². The summed E-state index contributed by atoms with van der Waals surface area (Å²) < 4.78 is 18.5. The average Bonchev–Trinajstić information content (AvgIpc) is 2.42. The van der Waals surface area contributed by atoms with Crippen molar-refractivity contribution >= 4 is 11.6 Å². The maximum Gasteiger partial charge on any atom is 0.165 e. The molecule has 0 radical (unpaired) electrons. The zero-order valence-corrected chi connectivity index (χ0v) is 12.0. The minimum absolute atomic E-state index is 0.291. The molecule has 0 amide bonds. The van der Waals surface area contributed by atoms with Crippen molar-refractivity contribution in [1.82, 2.24) is 9.80 Å². The van der Waals surface area contributed by atoms with Gasteiger partial charge in [-0.15, -0.1) is 11.6 Å². The van der Waals surface area contributed by atoms with Gasteiger partial charge in [0.15, 0.2) is 11.6 Å². The van der Waals surface area contributed by atoms with Gasteiger partial charge < -0.3 is 4.74 Å². The van der Waals surface area contributed by atoms with E-state index in [0.29, 0.717) is 11.6 Å². The van der Waals surface area contributed by atoms with Crippen LogP contribution in [0, 0.1) is 5.82 Å². The number of rotatable bonds is 5. The lowest BCUT2D eigenvalue weighted by molar-refractivity contribution is 0.132. The largest absolute Gasteiger partial charge is 0.494 e. The quantitative estimate of drug-likeness (QED) is 0.772. The molecule has 106 valence electrons. The summed E-state index contributed by atoms with van der Waals surface area (Å²) >= 11 is 5.74. The maximum absolute atomic E-state index is 13.6. The highest BCUT2D eigenvalue weighted by Gasteiger charge is 2.16. The highest BCUT2D eigenvalue weighted by atomic mass is 35.5. The monoisotopic (exact) mass is 286 g/mol. The molecular weight excluding hydrogens is 267 g/mol. The highest BCUT2D eigenvalue weighted by Crippen LogP contribution is 2.19. The molecule has 0 spiro atoms. The van der Waals surface area contributed by atoms with Gasteiger partial charge in [0.1, 0.15) is 0 Å². The number of halogens is 2. The molecule has 5 heteroatoms.